The molecule has 1 aliphatic rings. The zero-order valence-electron chi connectivity index (χ0n) is 10.9. The van der Waals surface area contributed by atoms with Crippen LogP contribution in [0.4, 0.5) is 4.79 Å². The molecule has 0 N–H and O–H groups in total. The molecular formula is C14H17NO4. The van der Waals surface area contributed by atoms with Crippen molar-refractivity contribution in [2.45, 2.75) is 19.1 Å². The van der Waals surface area contributed by atoms with E-state index in [0.717, 1.165) is 5.56 Å². The van der Waals surface area contributed by atoms with Gasteiger partial charge in [0, 0.05) is 13.5 Å². The molecule has 0 radical (unpaired) electrons. The Kier molecular flexibility index (Phi) is 4.52. The maximum absolute atomic E-state index is 11.9. The molecule has 19 heavy (non-hydrogen) atoms. The van der Waals surface area contributed by atoms with E-state index in [4.69, 9.17) is 9.47 Å². The van der Waals surface area contributed by atoms with Crippen molar-refractivity contribution in [2.75, 3.05) is 20.2 Å². The van der Waals surface area contributed by atoms with E-state index in [-0.39, 0.29) is 25.0 Å². The summed E-state index contributed by atoms with van der Waals surface area (Å²) in [5.41, 5.74) is 0.919. The van der Waals surface area contributed by atoms with Crippen molar-refractivity contribution in [1.82, 2.24) is 4.90 Å². The van der Waals surface area contributed by atoms with Gasteiger partial charge in [0.25, 0.3) is 0 Å². The molecule has 1 unspecified atom stereocenters. The van der Waals surface area contributed by atoms with E-state index >= 15 is 0 Å². The Morgan fingerprint density at radius 3 is 2.79 bits per heavy atom. The first-order valence-corrected chi connectivity index (χ1v) is 6.19. The number of carbonyl (C=O) groups is 2. The van der Waals surface area contributed by atoms with Gasteiger partial charge in [0.2, 0.25) is 0 Å². The Morgan fingerprint density at radius 2 is 2.11 bits per heavy atom. The van der Waals surface area contributed by atoms with Gasteiger partial charge in [0.05, 0.1) is 19.2 Å². The minimum Gasteiger partial charge on any atom is -0.445 e. The van der Waals surface area contributed by atoms with Gasteiger partial charge in [0.15, 0.2) is 5.78 Å². The summed E-state index contributed by atoms with van der Waals surface area (Å²) in [6.45, 7) is 0.714. The Bertz CT molecular complexity index is 446. The molecule has 1 saturated heterocycles. The van der Waals surface area contributed by atoms with E-state index in [9.17, 15) is 9.59 Å². The molecule has 5 heteroatoms. The van der Waals surface area contributed by atoms with E-state index in [1.54, 1.807) is 0 Å². The van der Waals surface area contributed by atoms with Gasteiger partial charge in [-0.05, 0) is 5.56 Å². The molecule has 0 spiro atoms. The van der Waals surface area contributed by atoms with Crippen molar-refractivity contribution in [3.63, 3.8) is 0 Å². The number of benzene rings is 1. The van der Waals surface area contributed by atoms with Crippen LogP contribution in [0.2, 0.25) is 0 Å². The van der Waals surface area contributed by atoms with E-state index in [0.29, 0.717) is 13.0 Å². The summed E-state index contributed by atoms with van der Waals surface area (Å²) in [6, 6.07) is 9.43. The molecule has 0 aliphatic carbocycles. The van der Waals surface area contributed by atoms with Crippen LogP contribution in [0.1, 0.15) is 12.0 Å². The number of methoxy groups -OCH3 is 1. The molecule has 1 heterocycles. The number of ketones is 1. The molecule has 1 atom stereocenters. The Labute approximate surface area is 112 Å². The monoisotopic (exact) mass is 263 g/mol. The molecular weight excluding hydrogens is 246 g/mol. The van der Waals surface area contributed by atoms with Crippen molar-refractivity contribution < 1.29 is 19.1 Å². The van der Waals surface area contributed by atoms with Gasteiger partial charge in [-0.1, -0.05) is 30.3 Å². The third-order valence-corrected chi connectivity index (χ3v) is 3.04. The molecule has 0 saturated carbocycles. The van der Waals surface area contributed by atoms with Crippen LogP contribution in [-0.4, -0.2) is 43.1 Å². The van der Waals surface area contributed by atoms with Gasteiger partial charge in [-0.25, -0.2) is 4.79 Å². The molecule has 1 fully saturated rings. The summed E-state index contributed by atoms with van der Waals surface area (Å²) >= 11 is 0. The number of hydrogen-bond donors (Lipinski definition) is 0. The lowest BCUT2D eigenvalue weighted by molar-refractivity contribution is -0.126. The summed E-state index contributed by atoms with van der Waals surface area (Å²) in [6.07, 6.45) is -0.344. The van der Waals surface area contributed by atoms with Gasteiger partial charge in [-0.2, -0.15) is 0 Å². The number of piperidine rings is 1. The van der Waals surface area contributed by atoms with Crippen molar-refractivity contribution in [3.05, 3.63) is 35.9 Å². The fraction of sp³-hybridized carbons (Fsp3) is 0.429. The molecule has 2 rings (SSSR count). The van der Waals surface area contributed by atoms with Crippen LogP contribution in [0.5, 0.6) is 0 Å². The predicted octanol–water partition coefficient (Wildman–Crippen LogP) is 1.61. The first-order valence-electron chi connectivity index (χ1n) is 6.19. The molecule has 0 bridgehead atoms. The zero-order valence-corrected chi connectivity index (χ0v) is 10.9. The molecule has 1 aliphatic heterocycles. The van der Waals surface area contributed by atoms with Crippen molar-refractivity contribution in [2.24, 2.45) is 0 Å². The molecule has 0 aromatic heterocycles. The number of nitrogens with zero attached hydrogens (tertiary/aromatic N) is 1. The second-order valence-corrected chi connectivity index (χ2v) is 4.52. The fourth-order valence-electron chi connectivity index (χ4n) is 2.01. The number of rotatable bonds is 3. The first kappa shape index (κ1) is 13.5. The smallest absolute Gasteiger partial charge is 0.410 e. The van der Waals surface area contributed by atoms with Gasteiger partial charge in [0.1, 0.15) is 6.61 Å². The van der Waals surface area contributed by atoms with Crippen LogP contribution in [-0.2, 0) is 20.9 Å². The lowest BCUT2D eigenvalue weighted by Gasteiger charge is -2.30. The highest BCUT2D eigenvalue weighted by molar-refractivity contribution is 5.85. The quantitative estimate of drug-likeness (QED) is 0.831. The molecule has 5 nitrogen and oxygen atoms in total. The number of ether oxygens (including phenoxy) is 2. The molecule has 102 valence electrons. The Morgan fingerprint density at radius 1 is 1.37 bits per heavy atom. The Hall–Kier alpha value is -1.88. The number of carbonyl (C=O) groups excluding carboxylic acids is 2. The van der Waals surface area contributed by atoms with Crippen LogP contribution in [0.25, 0.3) is 0 Å². The largest absolute Gasteiger partial charge is 0.445 e. The number of Topliss-reactive ketones (excluding diaryl/α,β-unsaturated/α-hetero) is 1. The average Bonchev–Trinajstić information content (AvgIpc) is 2.45. The summed E-state index contributed by atoms with van der Waals surface area (Å²) in [4.78, 5) is 24.8. The second-order valence-electron chi connectivity index (χ2n) is 4.52. The second kappa shape index (κ2) is 6.33. The van der Waals surface area contributed by atoms with Crippen LogP contribution in [0.3, 0.4) is 0 Å². The van der Waals surface area contributed by atoms with Crippen LogP contribution < -0.4 is 0 Å². The molecule has 1 amide bonds. The molecule has 1 aromatic rings. The van der Waals surface area contributed by atoms with E-state index in [1.165, 1.54) is 12.0 Å². The maximum Gasteiger partial charge on any atom is 0.410 e. The minimum absolute atomic E-state index is 0.00485. The van der Waals surface area contributed by atoms with E-state index in [1.807, 2.05) is 30.3 Å². The summed E-state index contributed by atoms with van der Waals surface area (Å²) in [5, 5.41) is 0. The summed E-state index contributed by atoms with van der Waals surface area (Å²) in [7, 11) is 1.54. The third-order valence-electron chi connectivity index (χ3n) is 3.04. The lowest BCUT2D eigenvalue weighted by atomic mass is 10.1. The fourth-order valence-corrected chi connectivity index (χ4v) is 2.01. The van der Waals surface area contributed by atoms with Gasteiger partial charge >= 0.3 is 6.09 Å². The predicted molar refractivity (Wildman–Crippen MR) is 68.6 cm³/mol. The normalized spacial score (nSPS) is 19.3. The standard InChI is InChI=1S/C14H17NO4/c1-18-13-7-12(16)8-15(9-13)14(17)19-10-11-5-3-2-4-6-11/h2-6,13H,7-10H2,1H3. The van der Waals surface area contributed by atoms with Gasteiger partial charge in [-0.3, -0.25) is 9.69 Å². The van der Waals surface area contributed by atoms with Gasteiger partial charge in [-0.15, -0.1) is 0 Å². The van der Waals surface area contributed by atoms with Gasteiger partial charge < -0.3 is 9.47 Å². The van der Waals surface area contributed by atoms with Crippen LogP contribution in [0.15, 0.2) is 30.3 Å². The topological polar surface area (TPSA) is 55.8 Å². The number of likely N-dealkylation sites (tertiary alicyclic amines) is 1. The molecule has 1 aromatic carbocycles. The highest BCUT2D eigenvalue weighted by atomic mass is 16.6. The maximum atomic E-state index is 11.9. The highest BCUT2D eigenvalue weighted by Gasteiger charge is 2.29. The zero-order chi connectivity index (χ0) is 13.7. The number of amides is 1. The average molecular weight is 263 g/mol. The van der Waals surface area contributed by atoms with E-state index in [2.05, 4.69) is 0 Å². The highest BCUT2D eigenvalue weighted by Crippen LogP contribution is 2.12. The van der Waals surface area contributed by atoms with Crippen LogP contribution >= 0.6 is 0 Å². The van der Waals surface area contributed by atoms with Crippen LogP contribution in [0, 0.1) is 0 Å². The lowest BCUT2D eigenvalue weighted by Crippen LogP contribution is -2.47. The number of hydrogen-bond acceptors (Lipinski definition) is 4. The summed E-state index contributed by atoms with van der Waals surface area (Å²) in [5.74, 6) is -0.00485. The first-order chi connectivity index (χ1) is 9.19. The third kappa shape index (κ3) is 3.79. The van der Waals surface area contributed by atoms with E-state index < -0.39 is 6.09 Å². The SMILES string of the molecule is COC1CC(=O)CN(C(=O)OCc2ccccc2)C1. The van der Waals surface area contributed by atoms with Crippen molar-refractivity contribution >= 4 is 11.9 Å². The summed E-state index contributed by atoms with van der Waals surface area (Å²) < 4.78 is 10.3. The minimum atomic E-state index is -0.473. The Balaban J connectivity index is 1.87. The van der Waals surface area contributed by atoms with Crippen molar-refractivity contribution in [3.8, 4) is 0 Å². The van der Waals surface area contributed by atoms with Crippen molar-refractivity contribution in [1.29, 1.82) is 0 Å².